The second kappa shape index (κ2) is 8.94. The predicted molar refractivity (Wildman–Crippen MR) is 124 cm³/mol. The number of nitrogens with zero attached hydrogens (tertiary/aromatic N) is 5. The quantitative estimate of drug-likeness (QED) is 0.667. The number of fused-ring (bicyclic) bond motifs is 1. The number of nitrogens with one attached hydrogen (secondary N) is 1. The van der Waals surface area contributed by atoms with E-state index in [0.29, 0.717) is 5.95 Å². The first-order valence-corrected chi connectivity index (χ1v) is 11.4. The van der Waals surface area contributed by atoms with Crippen molar-refractivity contribution in [3.63, 3.8) is 0 Å². The number of aromatic nitrogens is 4. The molecule has 1 fully saturated rings. The van der Waals surface area contributed by atoms with Crippen LogP contribution < -0.4 is 10.2 Å². The molecule has 0 radical (unpaired) electrons. The molecule has 1 atom stereocenters. The van der Waals surface area contributed by atoms with Crippen molar-refractivity contribution >= 4 is 17.6 Å². The topological polar surface area (TPSA) is 75.9 Å². The number of aryl methyl sites for hydroxylation is 1. The van der Waals surface area contributed by atoms with E-state index in [1.807, 2.05) is 23.1 Å². The Labute approximate surface area is 188 Å². The standard InChI is InChI=1S/C25H28N6O/c1-18-12-14-20(15-13-18)23-16-22(19-8-4-2-5-9-19)30(25-27-28-29-31(23)25)17-24(32)26-21-10-6-3-7-11-21/h2,4-5,8-9,12-16,21,23H,3,6-7,10-11,17H2,1H3,(H,26,32)/t23-/m1/s1. The van der Waals surface area contributed by atoms with Gasteiger partial charge in [-0.05, 0) is 47.4 Å². The van der Waals surface area contributed by atoms with E-state index in [1.165, 1.54) is 24.8 Å². The number of tetrazole rings is 1. The largest absolute Gasteiger partial charge is 0.352 e. The van der Waals surface area contributed by atoms with E-state index in [9.17, 15) is 4.79 Å². The molecule has 2 aliphatic rings. The number of amides is 1. The van der Waals surface area contributed by atoms with Crippen LogP contribution in [0.3, 0.4) is 0 Å². The molecular formula is C25H28N6O. The summed E-state index contributed by atoms with van der Waals surface area (Å²) >= 11 is 0. The first kappa shape index (κ1) is 20.4. The molecule has 7 heteroatoms. The van der Waals surface area contributed by atoms with E-state index in [2.05, 4.69) is 70.2 Å². The first-order chi connectivity index (χ1) is 15.7. The van der Waals surface area contributed by atoms with Crippen LogP contribution in [-0.2, 0) is 4.79 Å². The zero-order chi connectivity index (χ0) is 21.9. The molecule has 32 heavy (non-hydrogen) atoms. The molecule has 7 nitrogen and oxygen atoms in total. The third-order valence-electron chi connectivity index (χ3n) is 6.35. The highest BCUT2D eigenvalue weighted by molar-refractivity contribution is 5.89. The summed E-state index contributed by atoms with van der Waals surface area (Å²) in [6.07, 6.45) is 7.88. The highest BCUT2D eigenvalue weighted by atomic mass is 16.2. The average Bonchev–Trinajstić information content (AvgIpc) is 3.31. The van der Waals surface area contributed by atoms with Crippen LogP contribution in [0, 0.1) is 6.92 Å². The van der Waals surface area contributed by atoms with Gasteiger partial charge in [-0.25, -0.2) is 0 Å². The second-order valence-electron chi connectivity index (χ2n) is 8.69. The van der Waals surface area contributed by atoms with Crippen molar-refractivity contribution in [3.05, 3.63) is 77.4 Å². The van der Waals surface area contributed by atoms with Gasteiger partial charge in [-0.15, -0.1) is 0 Å². The Balaban J connectivity index is 1.49. The Morgan fingerprint density at radius 2 is 1.78 bits per heavy atom. The summed E-state index contributed by atoms with van der Waals surface area (Å²) in [5.41, 5.74) is 4.28. The summed E-state index contributed by atoms with van der Waals surface area (Å²) in [7, 11) is 0. The number of allylic oxidation sites excluding steroid dienone is 1. The minimum atomic E-state index is -0.145. The van der Waals surface area contributed by atoms with E-state index >= 15 is 0 Å². The summed E-state index contributed by atoms with van der Waals surface area (Å²) in [4.78, 5) is 14.9. The van der Waals surface area contributed by atoms with E-state index in [0.717, 1.165) is 29.7 Å². The van der Waals surface area contributed by atoms with Gasteiger partial charge in [0.1, 0.15) is 12.6 Å². The first-order valence-electron chi connectivity index (χ1n) is 11.4. The van der Waals surface area contributed by atoms with E-state index in [4.69, 9.17) is 0 Å². The average molecular weight is 429 g/mol. The number of anilines is 1. The summed E-state index contributed by atoms with van der Waals surface area (Å²) < 4.78 is 1.80. The maximum atomic E-state index is 13.0. The van der Waals surface area contributed by atoms with Gasteiger partial charge in [0.15, 0.2) is 0 Å². The number of benzene rings is 2. The van der Waals surface area contributed by atoms with Crippen LogP contribution in [0.2, 0.25) is 0 Å². The van der Waals surface area contributed by atoms with Gasteiger partial charge in [-0.1, -0.05) is 84.5 Å². The molecule has 3 aromatic rings. The fourth-order valence-corrected chi connectivity index (χ4v) is 4.65. The molecule has 1 N–H and O–H groups in total. The molecule has 1 aromatic heterocycles. The molecule has 2 aromatic carbocycles. The van der Waals surface area contributed by atoms with E-state index in [-0.39, 0.29) is 24.5 Å². The minimum absolute atomic E-state index is 0.00191. The molecule has 0 saturated heterocycles. The van der Waals surface area contributed by atoms with Crippen LogP contribution >= 0.6 is 0 Å². The van der Waals surface area contributed by atoms with Gasteiger partial charge in [0.25, 0.3) is 5.95 Å². The molecule has 2 heterocycles. The number of rotatable bonds is 5. The maximum Gasteiger partial charge on any atom is 0.251 e. The lowest BCUT2D eigenvalue weighted by Crippen LogP contribution is -2.44. The molecular weight excluding hydrogens is 400 g/mol. The monoisotopic (exact) mass is 428 g/mol. The predicted octanol–water partition coefficient (Wildman–Crippen LogP) is 3.88. The molecule has 1 aliphatic carbocycles. The number of carbonyl (C=O) groups is 1. The molecule has 5 rings (SSSR count). The fraction of sp³-hybridized carbons (Fsp3) is 0.360. The minimum Gasteiger partial charge on any atom is -0.352 e. The molecule has 0 unspecified atom stereocenters. The lowest BCUT2D eigenvalue weighted by Gasteiger charge is -2.33. The van der Waals surface area contributed by atoms with Gasteiger partial charge in [0.2, 0.25) is 5.91 Å². The van der Waals surface area contributed by atoms with Crippen molar-refractivity contribution in [1.82, 2.24) is 25.5 Å². The Bertz CT molecular complexity index is 1100. The van der Waals surface area contributed by atoms with Gasteiger partial charge in [-0.2, -0.15) is 4.68 Å². The molecule has 164 valence electrons. The normalized spacial score (nSPS) is 18.7. The van der Waals surface area contributed by atoms with E-state index in [1.54, 1.807) is 4.68 Å². The van der Waals surface area contributed by atoms with Crippen molar-refractivity contribution < 1.29 is 4.79 Å². The van der Waals surface area contributed by atoms with Gasteiger partial charge in [-0.3, -0.25) is 9.69 Å². The number of carbonyl (C=O) groups excluding carboxylic acids is 1. The lowest BCUT2D eigenvalue weighted by atomic mass is 9.95. The van der Waals surface area contributed by atoms with Crippen LogP contribution in [0.4, 0.5) is 5.95 Å². The van der Waals surface area contributed by atoms with Gasteiger partial charge in [0, 0.05) is 6.04 Å². The van der Waals surface area contributed by atoms with Crippen LogP contribution in [0.1, 0.15) is 54.8 Å². The van der Waals surface area contributed by atoms with Gasteiger partial charge < -0.3 is 5.32 Å². The van der Waals surface area contributed by atoms with Gasteiger partial charge in [0.05, 0.1) is 5.70 Å². The molecule has 1 amide bonds. The van der Waals surface area contributed by atoms with Gasteiger partial charge >= 0.3 is 0 Å². The SMILES string of the molecule is Cc1ccc([C@H]2C=C(c3ccccc3)N(CC(=O)NC3CCCCC3)c3nnnn32)cc1. The Morgan fingerprint density at radius 3 is 2.53 bits per heavy atom. The smallest absolute Gasteiger partial charge is 0.251 e. The van der Waals surface area contributed by atoms with E-state index < -0.39 is 0 Å². The summed E-state index contributed by atoms with van der Waals surface area (Å²) in [5.74, 6) is 0.581. The van der Waals surface area contributed by atoms with Crippen LogP contribution in [0.25, 0.3) is 5.70 Å². The molecule has 0 spiro atoms. The Hall–Kier alpha value is -3.48. The Kier molecular flexibility index (Phi) is 5.71. The summed E-state index contributed by atoms with van der Waals surface area (Å²) in [6, 6.07) is 18.7. The number of hydrogen-bond donors (Lipinski definition) is 1. The van der Waals surface area contributed by atoms with Crippen LogP contribution in [0.5, 0.6) is 0 Å². The second-order valence-corrected chi connectivity index (χ2v) is 8.69. The van der Waals surface area contributed by atoms with Crippen LogP contribution in [-0.4, -0.2) is 38.7 Å². The van der Waals surface area contributed by atoms with Crippen molar-refractivity contribution in [3.8, 4) is 0 Å². The zero-order valence-electron chi connectivity index (χ0n) is 18.3. The maximum absolute atomic E-state index is 13.0. The third-order valence-corrected chi connectivity index (χ3v) is 6.35. The van der Waals surface area contributed by atoms with Crippen LogP contribution in [0.15, 0.2) is 60.7 Å². The Morgan fingerprint density at radius 1 is 1.03 bits per heavy atom. The highest BCUT2D eigenvalue weighted by Crippen LogP contribution is 2.36. The lowest BCUT2D eigenvalue weighted by molar-refractivity contribution is -0.120. The molecule has 0 bridgehead atoms. The molecule has 1 saturated carbocycles. The zero-order valence-corrected chi connectivity index (χ0v) is 18.3. The molecule has 1 aliphatic heterocycles. The highest BCUT2D eigenvalue weighted by Gasteiger charge is 2.32. The van der Waals surface area contributed by atoms with Crippen molar-refractivity contribution in [2.24, 2.45) is 0 Å². The van der Waals surface area contributed by atoms with Crippen molar-refractivity contribution in [1.29, 1.82) is 0 Å². The van der Waals surface area contributed by atoms with Crippen molar-refractivity contribution in [2.75, 3.05) is 11.4 Å². The summed E-state index contributed by atoms with van der Waals surface area (Å²) in [5, 5.41) is 15.8. The summed E-state index contributed by atoms with van der Waals surface area (Å²) in [6.45, 7) is 2.25. The third kappa shape index (κ3) is 4.15. The number of hydrogen-bond acceptors (Lipinski definition) is 5. The fourth-order valence-electron chi connectivity index (χ4n) is 4.65. The van der Waals surface area contributed by atoms with Crippen molar-refractivity contribution in [2.45, 2.75) is 51.1 Å².